The second-order valence-electron chi connectivity index (χ2n) is 6.26. The van der Waals surface area contributed by atoms with Crippen LogP contribution in [0.25, 0.3) is 22.3 Å². The van der Waals surface area contributed by atoms with Crippen LogP contribution >= 0.6 is 11.6 Å². The van der Waals surface area contributed by atoms with E-state index >= 15 is 0 Å². The summed E-state index contributed by atoms with van der Waals surface area (Å²) in [6, 6.07) is 24.1. The average Bonchev–Trinajstić information content (AvgIpc) is 2.68. The number of hydrogen-bond acceptors (Lipinski definition) is 3. The molecule has 3 nitrogen and oxygen atoms in total. The van der Waals surface area contributed by atoms with Crippen molar-refractivity contribution in [1.29, 1.82) is 0 Å². The number of para-hydroxylation sites is 1. The van der Waals surface area contributed by atoms with E-state index in [0.717, 1.165) is 22.3 Å². The number of aromatic nitrogens is 2. The Morgan fingerprint density at radius 1 is 0.846 bits per heavy atom. The monoisotopic (exact) mass is 359 g/mol. The Balaban J connectivity index is 1.72. The lowest BCUT2D eigenvalue weighted by Crippen LogP contribution is -2.04. The van der Waals surface area contributed by atoms with Crippen LogP contribution in [0.5, 0.6) is 0 Å². The predicted octanol–water partition coefficient (Wildman–Crippen LogP) is 5.87. The summed E-state index contributed by atoms with van der Waals surface area (Å²) in [5, 5.41) is 5.18. The SMILES string of the molecule is Cc1ccc(CNc2nc(-c3ccc(Cl)cc3)nc3ccccc23)cc1. The highest BCUT2D eigenvalue weighted by Crippen LogP contribution is 2.26. The van der Waals surface area contributed by atoms with Crippen LogP contribution in [0, 0.1) is 6.92 Å². The van der Waals surface area contributed by atoms with E-state index in [9.17, 15) is 0 Å². The van der Waals surface area contributed by atoms with Gasteiger partial charge in [0.1, 0.15) is 5.82 Å². The fourth-order valence-corrected chi connectivity index (χ4v) is 2.96. The maximum atomic E-state index is 6.00. The van der Waals surface area contributed by atoms with Crippen molar-refractivity contribution in [1.82, 2.24) is 9.97 Å². The number of fused-ring (bicyclic) bond motifs is 1. The molecule has 0 radical (unpaired) electrons. The summed E-state index contributed by atoms with van der Waals surface area (Å²) >= 11 is 6.00. The molecule has 0 saturated carbocycles. The zero-order chi connectivity index (χ0) is 17.9. The molecule has 4 aromatic rings. The fourth-order valence-electron chi connectivity index (χ4n) is 2.83. The van der Waals surface area contributed by atoms with Crippen LogP contribution in [0.15, 0.2) is 72.8 Å². The van der Waals surface area contributed by atoms with Crippen LogP contribution in [-0.4, -0.2) is 9.97 Å². The maximum absolute atomic E-state index is 6.00. The lowest BCUT2D eigenvalue weighted by molar-refractivity contribution is 1.10. The van der Waals surface area contributed by atoms with E-state index in [2.05, 4.69) is 36.5 Å². The minimum absolute atomic E-state index is 0.687. The van der Waals surface area contributed by atoms with E-state index in [4.69, 9.17) is 21.6 Å². The van der Waals surface area contributed by atoms with E-state index in [0.29, 0.717) is 17.4 Å². The number of nitrogens with one attached hydrogen (secondary N) is 1. The van der Waals surface area contributed by atoms with Gasteiger partial charge < -0.3 is 5.32 Å². The lowest BCUT2D eigenvalue weighted by Gasteiger charge is -2.11. The molecular weight excluding hydrogens is 342 g/mol. The van der Waals surface area contributed by atoms with Gasteiger partial charge >= 0.3 is 0 Å². The average molecular weight is 360 g/mol. The van der Waals surface area contributed by atoms with Crippen molar-refractivity contribution in [2.24, 2.45) is 0 Å². The fraction of sp³-hybridized carbons (Fsp3) is 0.0909. The Morgan fingerprint density at radius 2 is 1.58 bits per heavy atom. The summed E-state index contributed by atoms with van der Waals surface area (Å²) in [5.74, 6) is 1.52. The molecule has 0 amide bonds. The van der Waals surface area contributed by atoms with Crippen molar-refractivity contribution < 1.29 is 0 Å². The zero-order valence-corrected chi connectivity index (χ0v) is 15.2. The largest absolute Gasteiger partial charge is 0.365 e. The molecule has 0 aliphatic heterocycles. The molecule has 0 aliphatic carbocycles. The molecule has 128 valence electrons. The molecule has 0 saturated heterocycles. The normalized spacial score (nSPS) is 10.8. The van der Waals surface area contributed by atoms with Crippen molar-refractivity contribution >= 4 is 28.3 Å². The van der Waals surface area contributed by atoms with Gasteiger partial charge in [0.15, 0.2) is 5.82 Å². The number of aryl methyl sites for hydroxylation is 1. The summed E-state index contributed by atoms with van der Waals surface area (Å²) in [5.41, 5.74) is 4.33. The summed E-state index contributed by atoms with van der Waals surface area (Å²) in [6.45, 7) is 2.80. The third-order valence-corrected chi connectivity index (χ3v) is 4.54. The van der Waals surface area contributed by atoms with Crippen LogP contribution in [0.3, 0.4) is 0 Å². The van der Waals surface area contributed by atoms with Gasteiger partial charge in [-0.15, -0.1) is 0 Å². The topological polar surface area (TPSA) is 37.8 Å². The first-order valence-corrected chi connectivity index (χ1v) is 8.89. The highest BCUT2D eigenvalue weighted by atomic mass is 35.5. The number of anilines is 1. The standard InChI is InChI=1S/C22H18ClN3/c1-15-6-8-16(9-7-15)14-24-22-19-4-2-3-5-20(19)25-21(26-22)17-10-12-18(23)13-11-17/h2-13H,14H2,1H3,(H,24,25,26). The number of nitrogens with zero attached hydrogens (tertiary/aromatic N) is 2. The van der Waals surface area contributed by atoms with E-state index in [1.807, 2.05) is 48.5 Å². The molecular formula is C22H18ClN3. The van der Waals surface area contributed by atoms with Crippen molar-refractivity contribution in [3.05, 3.63) is 88.9 Å². The first kappa shape index (κ1) is 16.6. The molecule has 1 N–H and O–H groups in total. The smallest absolute Gasteiger partial charge is 0.162 e. The van der Waals surface area contributed by atoms with Gasteiger partial charge in [0.25, 0.3) is 0 Å². The lowest BCUT2D eigenvalue weighted by atomic mass is 10.1. The Morgan fingerprint density at radius 3 is 2.35 bits per heavy atom. The minimum atomic E-state index is 0.687. The first-order chi connectivity index (χ1) is 12.7. The second-order valence-corrected chi connectivity index (χ2v) is 6.70. The van der Waals surface area contributed by atoms with Gasteiger partial charge in [0, 0.05) is 22.5 Å². The van der Waals surface area contributed by atoms with Gasteiger partial charge in [-0.2, -0.15) is 0 Å². The Hall–Kier alpha value is -2.91. The van der Waals surface area contributed by atoms with Gasteiger partial charge in [0.05, 0.1) is 5.52 Å². The molecule has 0 atom stereocenters. The maximum Gasteiger partial charge on any atom is 0.162 e. The van der Waals surface area contributed by atoms with E-state index in [1.165, 1.54) is 11.1 Å². The van der Waals surface area contributed by atoms with Crippen molar-refractivity contribution in [3.8, 4) is 11.4 Å². The highest BCUT2D eigenvalue weighted by Gasteiger charge is 2.09. The van der Waals surface area contributed by atoms with E-state index in [-0.39, 0.29) is 0 Å². The molecule has 0 bridgehead atoms. The van der Waals surface area contributed by atoms with Crippen molar-refractivity contribution in [2.45, 2.75) is 13.5 Å². The molecule has 0 aliphatic rings. The van der Waals surface area contributed by atoms with Crippen molar-refractivity contribution in [2.75, 3.05) is 5.32 Å². The number of rotatable bonds is 4. The molecule has 4 heteroatoms. The Labute approximate surface area is 157 Å². The third-order valence-electron chi connectivity index (χ3n) is 4.29. The molecule has 26 heavy (non-hydrogen) atoms. The number of hydrogen-bond donors (Lipinski definition) is 1. The van der Waals surface area contributed by atoms with Crippen LogP contribution < -0.4 is 5.32 Å². The molecule has 1 heterocycles. The second kappa shape index (κ2) is 7.14. The zero-order valence-electron chi connectivity index (χ0n) is 14.4. The molecule has 0 spiro atoms. The third kappa shape index (κ3) is 3.53. The van der Waals surface area contributed by atoms with Crippen LogP contribution in [-0.2, 0) is 6.54 Å². The van der Waals surface area contributed by atoms with Gasteiger partial charge in [-0.3, -0.25) is 0 Å². The number of halogens is 1. The quantitative estimate of drug-likeness (QED) is 0.495. The van der Waals surface area contributed by atoms with Crippen LogP contribution in [0.1, 0.15) is 11.1 Å². The molecule has 1 aromatic heterocycles. The van der Waals surface area contributed by atoms with Gasteiger partial charge in [0.2, 0.25) is 0 Å². The van der Waals surface area contributed by atoms with Gasteiger partial charge in [-0.1, -0.05) is 53.6 Å². The van der Waals surface area contributed by atoms with Crippen molar-refractivity contribution in [3.63, 3.8) is 0 Å². The molecule has 3 aromatic carbocycles. The highest BCUT2D eigenvalue weighted by molar-refractivity contribution is 6.30. The summed E-state index contributed by atoms with van der Waals surface area (Å²) in [4.78, 5) is 9.48. The Kier molecular flexibility index (Phi) is 4.55. The van der Waals surface area contributed by atoms with Gasteiger partial charge in [-0.25, -0.2) is 9.97 Å². The van der Waals surface area contributed by atoms with E-state index < -0.39 is 0 Å². The first-order valence-electron chi connectivity index (χ1n) is 8.51. The summed E-state index contributed by atoms with van der Waals surface area (Å²) in [7, 11) is 0. The molecule has 4 rings (SSSR count). The summed E-state index contributed by atoms with van der Waals surface area (Å²) < 4.78 is 0. The summed E-state index contributed by atoms with van der Waals surface area (Å²) in [6.07, 6.45) is 0. The molecule has 0 fully saturated rings. The number of benzene rings is 3. The Bertz CT molecular complexity index is 1040. The van der Waals surface area contributed by atoms with Gasteiger partial charge in [-0.05, 0) is 48.9 Å². The van der Waals surface area contributed by atoms with Crippen LogP contribution in [0.4, 0.5) is 5.82 Å². The van der Waals surface area contributed by atoms with E-state index in [1.54, 1.807) is 0 Å². The minimum Gasteiger partial charge on any atom is -0.365 e. The predicted molar refractivity (Wildman–Crippen MR) is 108 cm³/mol. The van der Waals surface area contributed by atoms with Crippen LogP contribution in [0.2, 0.25) is 5.02 Å². The molecule has 0 unspecified atom stereocenters.